The first-order chi connectivity index (χ1) is 21.2. The Labute approximate surface area is 261 Å². The molecule has 1 aromatic heterocycles. The van der Waals surface area contributed by atoms with Crippen molar-refractivity contribution in [3.8, 4) is 17.4 Å². The maximum atomic E-state index is 13.5. The zero-order valence-electron chi connectivity index (χ0n) is 24.6. The number of carbonyl (C=O) groups is 2. The summed E-state index contributed by atoms with van der Waals surface area (Å²) in [6, 6.07) is 3.10. The lowest BCUT2D eigenvalue weighted by Crippen LogP contribution is -2.44. The Balaban J connectivity index is 1.87. The molecule has 2 aromatic rings. The lowest BCUT2D eigenvalue weighted by Gasteiger charge is -2.21. The van der Waals surface area contributed by atoms with Crippen LogP contribution in [0.4, 0.5) is 18.0 Å². The van der Waals surface area contributed by atoms with Gasteiger partial charge in [0.15, 0.2) is 11.2 Å². The zero-order valence-corrected chi connectivity index (χ0v) is 25.4. The highest BCUT2D eigenvalue weighted by Crippen LogP contribution is 2.34. The Morgan fingerprint density at radius 3 is 2.60 bits per heavy atom. The van der Waals surface area contributed by atoms with E-state index < -0.39 is 54.1 Å². The first-order valence-corrected chi connectivity index (χ1v) is 14.5. The summed E-state index contributed by atoms with van der Waals surface area (Å²) in [5, 5.41) is 30.6. The summed E-state index contributed by atoms with van der Waals surface area (Å²) >= 11 is 5.11. The van der Waals surface area contributed by atoms with Crippen LogP contribution in [0.15, 0.2) is 45.6 Å². The number of phenolic OH excluding ortho intramolecular Hbond substituents is 1. The Kier molecular flexibility index (Phi) is 12.3. The molecule has 2 atom stereocenters. The van der Waals surface area contributed by atoms with Crippen LogP contribution in [0.3, 0.4) is 0 Å². The van der Waals surface area contributed by atoms with Crippen LogP contribution in [0, 0.1) is 0 Å². The number of benzene rings is 1. The molecule has 0 saturated carbocycles. The van der Waals surface area contributed by atoms with Crippen LogP contribution < -0.4 is 25.5 Å². The number of rotatable bonds is 14. The second kappa shape index (κ2) is 15.7. The summed E-state index contributed by atoms with van der Waals surface area (Å²) in [5.74, 6) is -2.17. The third-order valence-electron chi connectivity index (χ3n) is 6.85. The SMILES string of the molecule is CCCc1c(OCC/C=C\C=C\[C@@H](c2c(OC(=O)O)oc3c(c2=O)=CCC(=S)C=3)[C@H](O)CCC(F)(F)F)ccc(C(C)=O)c1O. The van der Waals surface area contributed by atoms with Crippen molar-refractivity contribution >= 4 is 41.2 Å². The number of carbonyl (C=O) groups excluding carboxylic acids is 1. The molecule has 1 aliphatic rings. The molecule has 0 aliphatic heterocycles. The van der Waals surface area contributed by atoms with Crippen molar-refractivity contribution in [2.45, 2.75) is 70.6 Å². The number of ketones is 1. The van der Waals surface area contributed by atoms with Crippen molar-refractivity contribution in [2.24, 2.45) is 0 Å². The molecule has 0 bridgehead atoms. The van der Waals surface area contributed by atoms with E-state index in [4.69, 9.17) is 26.1 Å². The normalized spacial score (nSPS) is 14.5. The van der Waals surface area contributed by atoms with Gasteiger partial charge in [0.05, 0.1) is 29.1 Å². The number of fused-ring (bicyclic) bond motifs is 1. The van der Waals surface area contributed by atoms with Crippen molar-refractivity contribution in [3.63, 3.8) is 0 Å². The van der Waals surface area contributed by atoms with Crippen molar-refractivity contribution in [1.82, 2.24) is 0 Å². The molecule has 1 heterocycles. The first-order valence-electron chi connectivity index (χ1n) is 14.1. The van der Waals surface area contributed by atoms with Gasteiger partial charge in [0.1, 0.15) is 16.9 Å². The van der Waals surface area contributed by atoms with E-state index in [0.717, 1.165) is 0 Å². The smallest absolute Gasteiger partial charge is 0.507 e. The number of thiocarbonyl (C=S) groups is 1. The van der Waals surface area contributed by atoms with E-state index in [1.807, 2.05) is 6.92 Å². The Bertz CT molecular complexity index is 1670. The van der Waals surface area contributed by atoms with Gasteiger partial charge in [-0.1, -0.05) is 55.9 Å². The average molecular weight is 651 g/mol. The first kappa shape index (κ1) is 35.3. The van der Waals surface area contributed by atoms with E-state index in [9.17, 15) is 42.9 Å². The van der Waals surface area contributed by atoms with Gasteiger partial charge in [-0.2, -0.15) is 13.2 Å². The predicted octanol–water partition coefficient (Wildman–Crippen LogP) is 5.26. The van der Waals surface area contributed by atoms with Crippen molar-refractivity contribution in [1.29, 1.82) is 0 Å². The fourth-order valence-electron chi connectivity index (χ4n) is 4.74. The van der Waals surface area contributed by atoms with Crippen LogP contribution in [0.2, 0.25) is 0 Å². The number of ether oxygens (including phenoxy) is 2. The third kappa shape index (κ3) is 9.63. The van der Waals surface area contributed by atoms with Gasteiger partial charge in [-0.05, 0) is 44.4 Å². The van der Waals surface area contributed by atoms with E-state index in [1.54, 1.807) is 12.1 Å². The Morgan fingerprint density at radius 1 is 1.22 bits per heavy atom. The number of aliphatic hydroxyl groups is 1. The Hall–Kier alpha value is -4.23. The fraction of sp³-hybridized carbons (Fsp3) is 0.375. The number of alkyl halides is 3. The van der Waals surface area contributed by atoms with E-state index in [2.05, 4.69) is 0 Å². The van der Waals surface area contributed by atoms with E-state index in [0.29, 0.717) is 35.4 Å². The van der Waals surface area contributed by atoms with Crippen LogP contribution >= 0.6 is 12.2 Å². The zero-order chi connectivity index (χ0) is 33.3. The summed E-state index contributed by atoms with van der Waals surface area (Å²) in [6.45, 7) is 3.45. The minimum atomic E-state index is -4.59. The number of Topliss-reactive ketones (excluding diaryl/α,β-unsaturated/α-hetero) is 1. The standard InChI is InChI=1S/C32H33F3O9S/c1-3-8-22-25(13-12-20(18(2)36)28(22)38)42-16-7-5-4-6-9-21(24(37)14-15-32(33,34)35)27-29(39)23-11-10-19(45)17-26(23)43-30(27)44-31(40)41/h4-6,9,11-13,17,21,24,37-38H,3,7-8,10,14-16H2,1-2H3,(H,40,41)/b5-4-,9-6+/t21-,24-/m1/s1. The minimum absolute atomic E-state index is 0.0234. The lowest BCUT2D eigenvalue weighted by molar-refractivity contribution is -0.140. The number of phenols is 1. The van der Waals surface area contributed by atoms with Crippen molar-refractivity contribution < 1.29 is 52.0 Å². The molecule has 3 rings (SSSR count). The molecule has 0 spiro atoms. The van der Waals surface area contributed by atoms with Crippen molar-refractivity contribution in [3.05, 3.63) is 74.0 Å². The number of hydrogen-bond acceptors (Lipinski definition) is 9. The molecule has 1 aromatic carbocycles. The van der Waals surface area contributed by atoms with Gasteiger partial charge in [0.2, 0.25) is 0 Å². The monoisotopic (exact) mass is 650 g/mol. The topological polar surface area (TPSA) is 144 Å². The van der Waals surface area contributed by atoms with Gasteiger partial charge in [-0.3, -0.25) is 9.59 Å². The minimum Gasteiger partial charge on any atom is -0.507 e. The van der Waals surface area contributed by atoms with Crippen LogP contribution in [-0.2, 0) is 6.42 Å². The largest absolute Gasteiger partial charge is 0.513 e. The number of hydrogen-bond donors (Lipinski definition) is 3. The maximum Gasteiger partial charge on any atom is 0.513 e. The predicted molar refractivity (Wildman–Crippen MR) is 164 cm³/mol. The molecular weight excluding hydrogens is 617 g/mol. The molecule has 13 heteroatoms. The number of aromatic hydroxyl groups is 1. The second-order valence-corrected chi connectivity index (χ2v) is 10.8. The summed E-state index contributed by atoms with van der Waals surface area (Å²) in [6.07, 6.45) is 0.101. The molecule has 9 nitrogen and oxygen atoms in total. The fourth-order valence-corrected chi connectivity index (χ4v) is 4.93. The average Bonchev–Trinajstić information content (AvgIpc) is 2.94. The lowest BCUT2D eigenvalue weighted by atomic mass is 9.90. The van der Waals surface area contributed by atoms with E-state index in [-0.39, 0.29) is 40.8 Å². The van der Waals surface area contributed by atoms with Gasteiger partial charge in [0, 0.05) is 29.2 Å². The number of carboxylic acid groups (broad SMARTS) is 1. The molecule has 1 aliphatic carbocycles. The maximum absolute atomic E-state index is 13.5. The highest BCUT2D eigenvalue weighted by molar-refractivity contribution is 7.81. The highest BCUT2D eigenvalue weighted by atomic mass is 32.1. The molecule has 0 amide bonds. The summed E-state index contributed by atoms with van der Waals surface area (Å²) < 4.78 is 55.0. The summed E-state index contributed by atoms with van der Waals surface area (Å²) in [4.78, 5) is 37.0. The van der Waals surface area contributed by atoms with Gasteiger partial charge in [0.25, 0.3) is 0 Å². The Morgan fingerprint density at radius 2 is 1.96 bits per heavy atom. The molecule has 3 N–H and O–H groups in total. The molecule has 0 fully saturated rings. The number of halogens is 3. The van der Waals surface area contributed by atoms with Gasteiger partial charge < -0.3 is 29.2 Å². The van der Waals surface area contributed by atoms with Crippen LogP contribution in [0.1, 0.15) is 73.4 Å². The van der Waals surface area contributed by atoms with Gasteiger partial charge in [-0.25, -0.2) is 4.79 Å². The second-order valence-electron chi connectivity index (χ2n) is 10.2. The number of allylic oxidation sites excluding steroid dienone is 2. The van der Waals surface area contributed by atoms with Crippen LogP contribution in [0.25, 0.3) is 12.2 Å². The molecular formula is C32H33F3O9S. The van der Waals surface area contributed by atoms with E-state index >= 15 is 0 Å². The van der Waals surface area contributed by atoms with Gasteiger partial charge in [-0.15, -0.1) is 0 Å². The van der Waals surface area contributed by atoms with Crippen LogP contribution in [0.5, 0.6) is 17.4 Å². The summed E-state index contributed by atoms with van der Waals surface area (Å²) in [5.41, 5.74) is -0.563. The third-order valence-corrected chi connectivity index (χ3v) is 7.14. The summed E-state index contributed by atoms with van der Waals surface area (Å²) in [7, 11) is 0. The quantitative estimate of drug-likeness (QED) is 0.0815. The molecule has 0 radical (unpaired) electrons. The molecule has 0 unspecified atom stereocenters. The highest BCUT2D eigenvalue weighted by Gasteiger charge is 2.33. The van der Waals surface area contributed by atoms with E-state index in [1.165, 1.54) is 43.4 Å². The van der Waals surface area contributed by atoms with Crippen LogP contribution in [-0.4, -0.2) is 51.0 Å². The molecule has 45 heavy (non-hydrogen) atoms. The molecule has 242 valence electrons. The number of aliphatic hydroxyl groups excluding tert-OH is 1. The van der Waals surface area contributed by atoms with Crippen molar-refractivity contribution in [2.75, 3.05) is 6.61 Å². The van der Waals surface area contributed by atoms with Gasteiger partial charge >= 0.3 is 18.3 Å². The molecule has 0 saturated heterocycles.